The Morgan fingerprint density at radius 2 is 1.84 bits per heavy atom. The second-order valence-electron chi connectivity index (χ2n) is 6.01. The number of aromatic hydroxyl groups is 1. The summed E-state index contributed by atoms with van der Waals surface area (Å²) in [6, 6.07) is 6.37. The maximum Gasteiger partial charge on any atom is 0.271 e. The fraction of sp³-hybridized carbons (Fsp3) is 0.333. The molecule has 0 spiro atoms. The van der Waals surface area contributed by atoms with E-state index in [0.29, 0.717) is 37.3 Å². The Kier molecular flexibility index (Phi) is 4.92. The Labute approximate surface area is 145 Å². The monoisotopic (exact) mass is 340 g/mol. The number of rotatable bonds is 4. The third-order valence-electron chi connectivity index (χ3n) is 4.42. The summed E-state index contributed by atoms with van der Waals surface area (Å²) in [5.41, 5.74) is 0.903. The van der Waals surface area contributed by atoms with Crippen molar-refractivity contribution in [1.82, 2.24) is 15.3 Å². The molecule has 0 atom stereocenters. The summed E-state index contributed by atoms with van der Waals surface area (Å²) in [6.45, 7) is 1.36. The summed E-state index contributed by atoms with van der Waals surface area (Å²) in [5, 5.41) is 11.9. The van der Waals surface area contributed by atoms with Crippen molar-refractivity contribution in [2.45, 2.75) is 12.8 Å². The number of hydrogen-bond acceptors (Lipinski definition) is 6. The van der Waals surface area contributed by atoms with E-state index in [-0.39, 0.29) is 29.1 Å². The molecule has 1 amide bonds. The molecule has 0 saturated carbocycles. The molecule has 0 unspecified atom stereocenters. The summed E-state index contributed by atoms with van der Waals surface area (Å²) in [4.78, 5) is 34.7. The lowest BCUT2D eigenvalue weighted by Crippen LogP contribution is -2.37. The smallest absolute Gasteiger partial charge is 0.271 e. The zero-order valence-corrected chi connectivity index (χ0v) is 14.0. The predicted octanol–water partition coefficient (Wildman–Crippen LogP) is 1.64. The Morgan fingerprint density at radius 3 is 2.48 bits per heavy atom. The number of piperidine rings is 1. The van der Waals surface area contributed by atoms with E-state index < -0.39 is 0 Å². The van der Waals surface area contributed by atoms with Crippen LogP contribution in [0.4, 0.5) is 5.82 Å². The number of Topliss-reactive ketones (excluding diaryl/α,β-unsaturated/α-hetero) is 1. The zero-order chi connectivity index (χ0) is 17.8. The van der Waals surface area contributed by atoms with Gasteiger partial charge in [-0.1, -0.05) is 0 Å². The quantitative estimate of drug-likeness (QED) is 0.822. The molecule has 0 radical (unpaired) electrons. The van der Waals surface area contributed by atoms with Crippen molar-refractivity contribution < 1.29 is 14.7 Å². The lowest BCUT2D eigenvalue weighted by molar-refractivity contribution is 0.0900. The van der Waals surface area contributed by atoms with Crippen molar-refractivity contribution >= 4 is 17.5 Å². The fourth-order valence-corrected chi connectivity index (χ4v) is 2.98. The van der Waals surface area contributed by atoms with Crippen molar-refractivity contribution in [3.63, 3.8) is 0 Å². The van der Waals surface area contributed by atoms with E-state index in [1.807, 2.05) is 4.90 Å². The largest absolute Gasteiger partial charge is 0.508 e. The van der Waals surface area contributed by atoms with Gasteiger partial charge < -0.3 is 15.3 Å². The van der Waals surface area contributed by atoms with E-state index in [4.69, 9.17) is 0 Å². The minimum atomic E-state index is -0.272. The molecular weight excluding hydrogens is 320 g/mol. The third kappa shape index (κ3) is 3.76. The van der Waals surface area contributed by atoms with Crippen LogP contribution in [-0.2, 0) is 0 Å². The van der Waals surface area contributed by atoms with Gasteiger partial charge in [-0.3, -0.25) is 14.6 Å². The van der Waals surface area contributed by atoms with Crippen LogP contribution in [0.5, 0.6) is 5.75 Å². The molecule has 7 nitrogen and oxygen atoms in total. The molecule has 130 valence electrons. The van der Waals surface area contributed by atoms with Gasteiger partial charge >= 0.3 is 0 Å². The lowest BCUT2D eigenvalue weighted by Gasteiger charge is -2.32. The zero-order valence-electron chi connectivity index (χ0n) is 14.0. The number of amides is 1. The van der Waals surface area contributed by atoms with Crippen molar-refractivity contribution in [2.24, 2.45) is 5.92 Å². The van der Waals surface area contributed by atoms with E-state index in [1.54, 1.807) is 25.4 Å². The molecule has 0 aliphatic carbocycles. The Hall–Kier alpha value is -2.96. The van der Waals surface area contributed by atoms with Crippen molar-refractivity contribution in [3.05, 3.63) is 47.9 Å². The summed E-state index contributed by atoms with van der Waals surface area (Å²) >= 11 is 0. The highest BCUT2D eigenvalue weighted by molar-refractivity contribution is 5.98. The average molecular weight is 340 g/mol. The number of benzene rings is 1. The van der Waals surface area contributed by atoms with Gasteiger partial charge in [-0.05, 0) is 37.1 Å². The molecule has 2 aromatic rings. The number of phenolic OH excluding ortho intramolecular Hbond substituents is 1. The topological polar surface area (TPSA) is 95.4 Å². The lowest BCUT2D eigenvalue weighted by atomic mass is 9.89. The van der Waals surface area contributed by atoms with Gasteiger partial charge in [0, 0.05) is 31.6 Å². The van der Waals surface area contributed by atoms with E-state index in [2.05, 4.69) is 15.3 Å². The Morgan fingerprint density at radius 1 is 1.16 bits per heavy atom. The van der Waals surface area contributed by atoms with Crippen LogP contribution in [-0.4, -0.2) is 46.9 Å². The van der Waals surface area contributed by atoms with Crippen molar-refractivity contribution in [3.8, 4) is 5.75 Å². The van der Waals surface area contributed by atoms with Gasteiger partial charge in [0.15, 0.2) is 5.78 Å². The number of phenols is 1. The van der Waals surface area contributed by atoms with E-state index in [9.17, 15) is 14.7 Å². The normalized spacial score (nSPS) is 15.0. The van der Waals surface area contributed by atoms with Crippen LogP contribution in [0.1, 0.15) is 33.7 Å². The maximum atomic E-state index is 12.6. The molecule has 1 aliphatic heterocycles. The second-order valence-corrected chi connectivity index (χ2v) is 6.01. The van der Waals surface area contributed by atoms with Crippen LogP contribution in [0, 0.1) is 5.92 Å². The molecule has 2 heterocycles. The summed E-state index contributed by atoms with van der Waals surface area (Å²) < 4.78 is 0. The highest BCUT2D eigenvalue weighted by Crippen LogP contribution is 2.25. The fourth-order valence-electron chi connectivity index (χ4n) is 2.98. The molecule has 1 aromatic carbocycles. The molecule has 1 fully saturated rings. The highest BCUT2D eigenvalue weighted by Gasteiger charge is 2.26. The summed E-state index contributed by atoms with van der Waals surface area (Å²) in [6.07, 6.45) is 4.50. The van der Waals surface area contributed by atoms with Gasteiger partial charge in [0.05, 0.1) is 12.4 Å². The van der Waals surface area contributed by atoms with Crippen LogP contribution < -0.4 is 10.2 Å². The third-order valence-corrected chi connectivity index (χ3v) is 4.42. The molecule has 3 rings (SSSR count). The number of ketones is 1. The maximum absolute atomic E-state index is 12.6. The van der Waals surface area contributed by atoms with Crippen LogP contribution in [0.3, 0.4) is 0 Å². The summed E-state index contributed by atoms with van der Waals surface area (Å²) in [7, 11) is 1.55. The van der Waals surface area contributed by atoms with Gasteiger partial charge in [-0.25, -0.2) is 4.98 Å². The minimum absolute atomic E-state index is 0.0455. The van der Waals surface area contributed by atoms with Gasteiger partial charge in [0.1, 0.15) is 17.3 Å². The SMILES string of the molecule is CNC(=O)c1cncc(N2CCC(C(=O)c3ccc(O)cc3)CC2)n1. The van der Waals surface area contributed by atoms with E-state index >= 15 is 0 Å². The summed E-state index contributed by atoms with van der Waals surface area (Å²) in [5.74, 6) is 0.588. The first-order valence-electron chi connectivity index (χ1n) is 8.21. The molecule has 2 N–H and O–H groups in total. The van der Waals surface area contributed by atoms with Crippen LogP contribution >= 0.6 is 0 Å². The van der Waals surface area contributed by atoms with Crippen LogP contribution in [0.2, 0.25) is 0 Å². The van der Waals surface area contributed by atoms with E-state index in [1.165, 1.54) is 18.3 Å². The van der Waals surface area contributed by atoms with Crippen molar-refractivity contribution in [1.29, 1.82) is 0 Å². The number of carbonyl (C=O) groups excluding carboxylic acids is 2. The first-order chi connectivity index (χ1) is 12.1. The minimum Gasteiger partial charge on any atom is -0.508 e. The second kappa shape index (κ2) is 7.29. The number of hydrogen-bond donors (Lipinski definition) is 2. The first kappa shape index (κ1) is 16.9. The number of carbonyl (C=O) groups is 2. The van der Waals surface area contributed by atoms with Crippen LogP contribution in [0.25, 0.3) is 0 Å². The molecule has 25 heavy (non-hydrogen) atoms. The Balaban J connectivity index is 1.65. The number of aromatic nitrogens is 2. The van der Waals surface area contributed by atoms with Crippen LogP contribution in [0.15, 0.2) is 36.7 Å². The van der Waals surface area contributed by atoms with Crippen molar-refractivity contribution in [2.75, 3.05) is 25.0 Å². The van der Waals surface area contributed by atoms with E-state index in [0.717, 1.165) is 0 Å². The predicted molar refractivity (Wildman–Crippen MR) is 92.8 cm³/mol. The van der Waals surface area contributed by atoms with Gasteiger partial charge in [0.2, 0.25) is 0 Å². The molecule has 0 bridgehead atoms. The average Bonchev–Trinajstić information content (AvgIpc) is 2.67. The first-order valence-corrected chi connectivity index (χ1v) is 8.21. The molecular formula is C18H20N4O3. The Bertz CT molecular complexity index is 768. The van der Waals surface area contributed by atoms with Gasteiger partial charge in [-0.15, -0.1) is 0 Å². The van der Waals surface area contributed by atoms with Gasteiger partial charge in [-0.2, -0.15) is 0 Å². The number of nitrogens with one attached hydrogen (secondary N) is 1. The molecule has 1 aliphatic rings. The molecule has 1 aromatic heterocycles. The highest BCUT2D eigenvalue weighted by atomic mass is 16.3. The molecule has 1 saturated heterocycles. The number of nitrogens with zero attached hydrogens (tertiary/aromatic N) is 3. The number of anilines is 1. The van der Waals surface area contributed by atoms with Gasteiger partial charge in [0.25, 0.3) is 5.91 Å². The molecule has 7 heteroatoms. The standard InChI is InChI=1S/C18H20N4O3/c1-19-18(25)15-10-20-11-16(21-15)22-8-6-13(7-9-22)17(24)12-2-4-14(23)5-3-12/h2-5,10-11,13,23H,6-9H2,1H3,(H,19,25).